The fraction of sp³-hybridized carbons (Fsp3) is 0.167. The molecule has 0 aliphatic carbocycles. The number of aliphatic hydroxyl groups excluding tert-OH is 1. The van der Waals surface area contributed by atoms with Gasteiger partial charge in [-0.05, 0) is 24.3 Å². The molecule has 0 spiro atoms. The first kappa shape index (κ1) is 16.6. The van der Waals surface area contributed by atoms with Gasteiger partial charge >= 0.3 is 0 Å². The zero-order chi connectivity index (χ0) is 18.1. The first-order chi connectivity index (χ1) is 12.5. The average molecular weight is 371 g/mol. The smallest absolute Gasteiger partial charge is 0.280 e. The van der Waals surface area contributed by atoms with Gasteiger partial charge < -0.3 is 15.2 Å². The average Bonchev–Trinajstić information content (AvgIpc) is 3.09. The molecule has 26 heavy (non-hydrogen) atoms. The third-order valence-electron chi connectivity index (χ3n) is 4.04. The van der Waals surface area contributed by atoms with Crippen molar-refractivity contribution >= 4 is 15.7 Å². The first-order valence-electron chi connectivity index (χ1n) is 8.05. The number of hydrogen-bond donors (Lipinski definition) is 2. The van der Waals surface area contributed by atoms with Crippen LogP contribution in [0.5, 0.6) is 5.75 Å². The van der Waals surface area contributed by atoms with Gasteiger partial charge in [0.2, 0.25) is 0 Å². The maximum Gasteiger partial charge on any atom is 0.280 e. The highest BCUT2D eigenvalue weighted by Crippen LogP contribution is 2.33. The Hall–Kier alpha value is -2.84. The van der Waals surface area contributed by atoms with E-state index in [-0.39, 0.29) is 11.5 Å². The van der Waals surface area contributed by atoms with Crippen LogP contribution in [0, 0.1) is 0 Å². The molecular weight excluding hydrogens is 354 g/mol. The minimum absolute atomic E-state index is 0.105. The molecule has 1 aliphatic rings. The summed E-state index contributed by atoms with van der Waals surface area (Å²) in [7, 11) is -3.22. The van der Waals surface area contributed by atoms with Crippen molar-refractivity contribution in [1.82, 2.24) is 9.78 Å². The predicted molar refractivity (Wildman–Crippen MR) is 96.6 cm³/mol. The van der Waals surface area contributed by atoms with Gasteiger partial charge in [0.15, 0.2) is 9.84 Å². The van der Waals surface area contributed by atoms with Crippen molar-refractivity contribution in [2.45, 2.75) is 17.9 Å². The largest absolute Gasteiger partial charge is 0.447 e. The standard InChI is InChI=1S/C18H17N3O4S/c22-18(25-14-9-5-2-6-10-14)19-17-15-11-26(23,24)12-16(15)20-21(17)13-7-3-1-4-8-13/h1-10,18-19,22H,11-12H2. The lowest BCUT2D eigenvalue weighted by molar-refractivity contribution is 0.00719. The lowest BCUT2D eigenvalue weighted by atomic mass is 10.2. The van der Waals surface area contributed by atoms with Crippen molar-refractivity contribution in [3.8, 4) is 11.4 Å². The molecule has 3 aromatic rings. The molecule has 1 aromatic heterocycles. The van der Waals surface area contributed by atoms with Gasteiger partial charge in [0.1, 0.15) is 11.6 Å². The number of fused-ring (bicyclic) bond motifs is 1. The maximum absolute atomic E-state index is 12.0. The molecule has 8 heteroatoms. The highest BCUT2D eigenvalue weighted by Gasteiger charge is 2.33. The molecule has 2 N–H and O–H groups in total. The van der Waals surface area contributed by atoms with Gasteiger partial charge in [-0.2, -0.15) is 5.10 Å². The number of benzene rings is 2. The molecule has 0 fully saturated rings. The Bertz CT molecular complexity index is 1020. The molecule has 134 valence electrons. The van der Waals surface area contributed by atoms with Crippen molar-refractivity contribution in [3.05, 3.63) is 71.9 Å². The number of nitrogens with one attached hydrogen (secondary N) is 1. The van der Waals surface area contributed by atoms with Crippen molar-refractivity contribution in [2.75, 3.05) is 5.32 Å². The van der Waals surface area contributed by atoms with Gasteiger partial charge in [0, 0.05) is 5.56 Å². The summed E-state index contributed by atoms with van der Waals surface area (Å²) in [6.45, 7) is 0. The van der Waals surface area contributed by atoms with E-state index in [1.165, 1.54) is 0 Å². The number of aliphatic hydroxyl groups is 1. The molecule has 1 unspecified atom stereocenters. The van der Waals surface area contributed by atoms with E-state index in [4.69, 9.17) is 4.74 Å². The third kappa shape index (κ3) is 3.29. The zero-order valence-electron chi connectivity index (χ0n) is 13.7. The van der Waals surface area contributed by atoms with Crippen molar-refractivity contribution < 1.29 is 18.3 Å². The van der Waals surface area contributed by atoms with Crippen LogP contribution in [0.1, 0.15) is 11.3 Å². The first-order valence-corrected chi connectivity index (χ1v) is 9.87. The van der Waals surface area contributed by atoms with E-state index < -0.39 is 16.3 Å². The van der Waals surface area contributed by atoms with Crippen LogP contribution in [0.15, 0.2) is 60.7 Å². The number of hydrogen-bond acceptors (Lipinski definition) is 6. The highest BCUT2D eigenvalue weighted by atomic mass is 32.2. The van der Waals surface area contributed by atoms with E-state index in [2.05, 4.69) is 10.4 Å². The molecule has 7 nitrogen and oxygen atoms in total. The molecule has 0 radical (unpaired) electrons. The van der Waals surface area contributed by atoms with Gasteiger partial charge in [0.05, 0.1) is 22.9 Å². The van der Waals surface area contributed by atoms with Gasteiger partial charge in [0.25, 0.3) is 6.41 Å². The second-order valence-electron chi connectivity index (χ2n) is 5.98. The molecule has 2 aromatic carbocycles. The van der Waals surface area contributed by atoms with E-state index in [0.717, 1.165) is 5.69 Å². The number of anilines is 1. The fourth-order valence-electron chi connectivity index (χ4n) is 2.92. The third-order valence-corrected chi connectivity index (χ3v) is 5.48. The molecule has 2 heterocycles. The van der Waals surface area contributed by atoms with Crippen molar-refractivity contribution in [3.63, 3.8) is 0 Å². The van der Waals surface area contributed by atoms with Crippen LogP contribution < -0.4 is 10.1 Å². The number of nitrogens with zero attached hydrogens (tertiary/aromatic N) is 2. The van der Waals surface area contributed by atoms with E-state index in [0.29, 0.717) is 22.8 Å². The van der Waals surface area contributed by atoms with Gasteiger partial charge in [-0.15, -0.1) is 0 Å². The maximum atomic E-state index is 12.0. The van der Waals surface area contributed by atoms with Gasteiger partial charge in [-0.3, -0.25) is 0 Å². The SMILES string of the molecule is O=S1(=O)Cc2nn(-c3ccccc3)c(NC(O)Oc3ccccc3)c2C1. The lowest BCUT2D eigenvalue weighted by Gasteiger charge is -2.18. The Morgan fingerprint density at radius 1 is 1.04 bits per heavy atom. The van der Waals surface area contributed by atoms with Crippen LogP contribution in [0.3, 0.4) is 0 Å². The van der Waals surface area contributed by atoms with E-state index >= 15 is 0 Å². The number of para-hydroxylation sites is 2. The van der Waals surface area contributed by atoms with Crippen molar-refractivity contribution in [2.24, 2.45) is 0 Å². The summed E-state index contributed by atoms with van der Waals surface area (Å²) in [6, 6.07) is 18.2. The van der Waals surface area contributed by atoms with Crippen LogP contribution in [0.25, 0.3) is 5.69 Å². The molecule has 1 atom stereocenters. The van der Waals surface area contributed by atoms with Gasteiger partial charge in [-0.1, -0.05) is 36.4 Å². The summed E-state index contributed by atoms with van der Waals surface area (Å²) in [5.41, 5.74) is 1.81. The Morgan fingerprint density at radius 2 is 1.69 bits per heavy atom. The summed E-state index contributed by atoms with van der Waals surface area (Å²) in [6.07, 6.45) is -1.36. The normalized spacial score (nSPS) is 16.0. The summed E-state index contributed by atoms with van der Waals surface area (Å²) in [5, 5.41) is 17.6. The lowest BCUT2D eigenvalue weighted by Crippen LogP contribution is -2.27. The second kappa shape index (κ2) is 6.47. The Balaban J connectivity index is 1.68. The topological polar surface area (TPSA) is 93.5 Å². The van der Waals surface area contributed by atoms with Crippen LogP contribution in [0.4, 0.5) is 5.82 Å². The second-order valence-corrected chi connectivity index (χ2v) is 8.05. The number of sulfone groups is 1. The number of aromatic nitrogens is 2. The van der Waals surface area contributed by atoms with Crippen molar-refractivity contribution in [1.29, 1.82) is 0 Å². The summed E-state index contributed by atoms with van der Waals surface area (Å²) in [5.74, 6) is 0.681. The molecular formula is C18H17N3O4S. The van der Waals surface area contributed by atoms with Gasteiger partial charge in [-0.25, -0.2) is 13.1 Å². The molecule has 0 saturated carbocycles. The van der Waals surface area contributed by atoms with E-state index in [1.54, 1.807) is 28.9 Å². The van der Waals surface area contributed by atoms with Crippen LogP contribution >= 0.6 is 0 Å². The molecule has 0 saturated heterocycles. The number of ether oxygens (including phenoxy) is 1. The van der Waals surface area contributed by atoms with Crippen LogP contribution in [-0.2, 0) is 21.3 Å². The minimum atomic E-state index is -3.22. The summed E-state index contributed by atoms with van der Waals surface area (Å²) in [4.78, 5) is 0. The predicted octanol–water partition coefficient (Wildman–Crippen LogP) is 2.07. The van der Waals surface area contributed by atoms with Crippen LogP contribution in [-0.4, -0.2) is 29.7 Å². The zero-order valence-corrected chi connectivity index (χ0v) is 14.6. The minimum Gasteiger partial charge on any atom is -0.447 e. The summed E-state index contributed by atoms with van der Waals surface area (Å²) >= 11 is 0. The molecule has 1 aliphatic heterocycles. The quantitative estimate of drug-likeness (QED) is 0.667. The highest BCUT2D eigenvalue weighted by molar-refractivity contribution is 7.90. The Morgan fingerprint density at radius 3 is 2.38 bits per heavy atom. The fourth-order valence-corrected chi connectivity index (χ4v) is 4.41. The Kier molecular flexibility index (Phi) is 4.14. The molecule has 0 bridgehead atoms. The van der Waals surface area contributed by atoms with E-state index in [1.807, 2.05) is 36.4 Å². The van der Waals surface area contributed by atoms with Crippen LogP contribution in [0.2, 0.25) is 0 Å². The molecule has 4 rings (SSSR count). The molecule has 0 amide bonds. The van der Waals surface area contributed by atoms with E-state index in [9.17, 15) is 13.5 Å². The summed E-state index contributed by atoms with van der Waals surface area (Å²) < 4.78 is 30.9. The Labute approximate surface area is 150 Å². The number of rotatable bonds is 5. The monoisotopic (exact) mass is 371 g/mol.